The molecule has 0 amide bonds. The van der Waals surface area contributed by atoms with Crippen LogP contribution in [0.2, 0.25) is 0 Å². The van der Waals surface area contributed by atoms with Gasteiger partial charge in [0.05, 0.1) is 0 Å². The van der Waals surface area contributed by atoms with Crippen LogP contribution >= 0.6 is 0 Å². The quantitative estimate of drug-likeness (QED) is 0.657. The van der Waals surface area contributed by atoms with Crippen molar-refractivity contribution in [2.45, 2.75) is 26.7 Å². The van der Waals surface area contributed by atoms with Crippen LogP contribution in [0.1, 0.15) is 31.0 Å². The summed E-state index contributed by atoms with van der Waals surface area (Å²) in [7, 11) is 0. The van der Waals surface area contributed by atoms with E-state index < -0.39 is 0 Å². The van der Waals surface area contributed by atoms with Crippen molar-refractivity contribution in [3.8, 4) is 0 Å². The Bertz CT molecular complexity index is 301. The Hall–Kier alpha value is -1.12. The maximum absolute atomic E-state index is 10.7. The SMILES string of the molecule is Cc1[nH]c(=O)ncc1C(C)C. The summed E-state index contributed by atoms with van der Waals surface area (Å²) in [5.74, 6) is 0.416. The summed E-state index contributed by atoms with van der Waals surface area (Å²) in [6.07, 6.45) is 1.64. The van der Waals surface area contributed by atoms with Gasteiger partial charge in [-0.05, 0) is 18.4 Å². The molecule has 11 heavy (non-hydrogen) atoms. The molecule has 0 fully saturated rings. The van der Waals surface area contributed by atoms with Gasteiger partial charge in [-0.25, -0.2) is 9.78 Å². The molecule has 0 aliphatic heterocycles. The molecule has 0 atom stereocenters. The van der Waals surface area contributed by atoms with E-state index in [1.54, 1.807) is 6.20 Å². The summed E-state index contributed by atoms with van der Waals surface area (Å²) in [5, 5.41) is 0. The Kier molecular flexibility index (Phi) is 2.08. The Labute approximate surface area is 65.5 Å². The van der Waals surface area contributed by atoms with Gasteiger partial charge in [-0.15, -0.1) is 0 Å². The van der Waals surface area contributed by atoms with Gasteiger partial charge < -0.3 is 4.98 Å². The fourth-order valence-corrected chi connectivity index (χ4v) is 1.07. The van der Waals surface area contributed by atoms with Crippen molar-refractivity contribution in [2.75, 3.05) is 0 Å². The first-order valence-corrected chi connectivity index (χ1v) is 3.67. The fraction of sp³-hybridized carbons (Fsp3) is 0.500. The lowest BCUT2D eigenvalue weighted by Crippen LogP contribution is -2.13. The molecular weight excluding hydrogens is 140 g/mol. The number of hydrogen-bond donors (Lipinski definition) is 1. The number of aromatic amines is 1. The van der Waals surface area contributed by atoms with E-state index in [2.05, 4.69) is 23.8 Å². The zero-order valence-electron chi connectivity index (χ0n) is 7.01. The van der Waals surface area contributed by atoms with E-state index in [1.807, 2.05) is 6.92 Å². The maximum atomic E-state index is 10.7. The molecule has 0 aliphatic rings. The van der Waals surface area contributed by atoms with Gasteiger partial charge >= 0.3 is 5.69 Å². The fourth-order valence-electron chi connectivity index (χ4n) is 1.07. The first-order valence-electron chi connectivity index (χ1n) is 3.67. The van der Waals surface area contributed by atoms with E-state index in [0.717, 1.165) is 11.3 Å². The molecule has 0 aromatic carbocycles. The number of rotatable bonds is 1. The molecule has 1 heterocycles. The van der Waals surface area contributed by atoms with E-state index in [4.69, 9.17) is 0 Å². The number of nitrogens with one attached hydrogen (secondary N) is 1. The van der Waals surface area contributed by atoms with Crippen LogP contribution < -0.4 is 5.69 Å². The highest BCUT2D eigenvalue weighted by Gasteiger charge is 2.02. The molecule has 0 aliphatic carbocycles. The van der Waals surface area contributed by atoms with Crippen molar-refractivity contribution in [2.24, 2.45) is 0 Å². The average Bonchev–Trinajstić information content (AvgIpc) is 1.85. The highest BCUT2D eigenvalue weighted by atomic mass is 16.1. The lowest BCUT2D eigenvalue weighted by molar-refractivity contribution is 0.819. The second-order valence-corrected chi connectivity index (χ2v) is 2.92. The number of nitrogens with zero attached hydrogens (tertiary/aromatic N) is 1. The minimum Gasteiger partial charge on any atom is -0.310 e. The van der Waals surface area contributed by atoms with Gasteiger partial charge in [0.2, 0.25) is 0 Å². The third-order valence-corrected chi connectivity index (χ3v) is 1.67. The van der Waals surface area contributed by atoms with Crippen LogP contribution in [0.3, 0.4) is 0 Å². The first kappa shape index (κ1) is 7.98. The zero-order chi connectivity index (χ0) is 8.43. The molecule has 3 heteroatoms. The molecule has 1 rings (SSSR count). The molecular formula is C8H12N2O. The average molecular weight is 152 g/mol. The van der Waals surface area contributed by atoms with Crippen LogP contribution in [0.15, 0.2) is 11.0 Å². The molecule has 1 aromatic rings. The summed E-state index contributed by atoms with van der Waals surface area (Å²) >= 11 is 0. The van der Waals surface area contributed by atoms with Gasteiger partial charge in [-0.1, -0.05) is 13.8 Å². The Balaban J connectivity index is 3.20. The van der Waals surface area contributed by atoms with Crippen molar-refractivity contribution in [1.29, 1.82) is 0 Å². The van der Waals surface area contributed by atoms with Gasteiger partial charge in [0.1, 0.15) is 0 Å². The molecule has 0 unspecified atom stereocenters. The molecule has 0 spiro atoms. The van der Waals surface area contributed by atoms with Gasteiger partial charge in [0.25, 0.3) is 0 Å². The van der Waals surface area contributed by atoms with Crippen LogP contribution in [0.5, 0.6) is 0 Å². The molecule has 0 radical (unpaired) electrons. The van der Waals surface area contributed by atoms with E-state index in [0.29, 0.717) is 5.92 Å². The third kappa shape index (κ3) is 1.67. The first-order chi connectivity index (χ1) is 5.11. The van der Waals surface area contributed by atoms with Gasteiger partial charge in [-0.3, -0.25) is 0 Å². The molecule has 0 bridgehead atoms. The van der Waals surface area contributed by atoms with E-state index in [-0.39, 0.29) is 5.69 Å². The largest absolute Gasteiger partial charge is 0.345 e. The van der Waals surface area contributed by atoms with Gasteiger partial charge in [0.15, 0.2) is 0 Å². The van der Waals surface area contributed by atoms with Crippen molar-refractivity contribution >= 4 is 0 Å². The van der Waals surface area contributed by atoms with E-state index in [9.17, 15) is 4.79 Å². The molecule has 0 saturated heterocycles. The Morgan fingerprint density at radius 2 is 2.18 bits per heavy atom. The van der Waals surface area contributed by atoms with Crippen molar-refractivity contribution in [1.82, 2.24) is 9.97 Å². The van der Waals surface area contributed by atoms with Gasteiger partial charge in [0, 0.05) is 11.9 Å². The minimum absolute atomic E-state index is 0.271. The molecule has 60 valence electrons. The summed E-state index contributed by atoms with van der Waals surface area (Å²) in [4.78, 5) is 17.0. The smallest absolute Gasteiger partial charge is 0.310 e. The molecule has 0 saturated carbocycles. The van der Waals surface area contributed by atoms with Crippen LogP contribution in [-0.4, -0.2) is 9.97 Å². The standard InChI is InChI=1S/C8H12N2O/c1-5(2)7-4-9-8(11)10-6(7)3/h4-5H,1-3H3,(H,9,10,11). The lowest BCUT2D eigenvalue weighted by Gasteiger charge is -2.06. The summed E-state index contributed by atoms with van der Waals surface area (Å²) in [5.41, 5.74) is 1.75. The van der Waals surface area contributed by atoms with Crippen LogP contribution in [0.25, 0.3) is 0 Å². The topological polar surface area (TPSA) is 45.8 Å². The zero-order valence-corrected chi connectivity index (χ0v) is 7.01. The third-order valence-electron chi connectivity index (χ3n) is 1.67. The maximum Gasteiger partial charge on any atom is 0.345 e. The minimum atomic E-state index is -0.271. The summed E-state index contributed by atoms with van der Waals surface area (Å²) in [6, 6.07) is 0. The highest BCUT2D eigenvalue weighted by Crippen LogP contribution is 2.13. The predicted molar refractivity (Wildman–Crippen MR) is 43.7 cm³/mol. The van der Waals surface area contributed by atoms with Crippen LogP contribution in [-0.2, 0) is 0 Å². The van der Waals surface area contributed by atoms with Crippen molar-refractivity contribution < 1.29 is 0 Å². The number of aromatic nitrogens is 2. The van der Waals surface area contributed by atoms with Crippen LogP contribution in [0.4, 0.5) is 0 Å². The van der Waals surface area contributed by atoms with Gasteiger partial charge in [-0.2, -0.15) is 0 Å². The van der Waals surface area contributed by atoms with Crippen molar-refractivity contribution in [3.63, 3.8) is 0 Å². The predicted octanol–water partition coefficient (Wildman–Crippen LogP) is 1.20. The second-order valence-electron chi connectivity index (χ2n) is 2.92. The molecule has 1 aromatic heterocycles. The number of H-pyrrole nitrogens is 1. The lowest BCUT2D eigenvalue weighted by atomic mass is 10.0. The van der Waals surface area contributed by atoms with E-state index in [1.165, 1.54) is 0 Å². The molecule has 3 nitrogen and oxygen atoms in total. The Morgan fingerprint density at radius 3 is 2.64 bits per heavy atom. The normalized spacial score (nSPS) is 10.5. The highest BCUT2D eigenvalue weighted by molar-refractivity contribution is 5.17. The second kappa shape index (κ2) is 2.86. The number of aryl methyl sites for hydroxylation is 1. The van der Waals surface area contributed by atoms with Crippen LogP contribution in [0, 0.1) is 6.92 Å². The molecule has 1 N–H and O–H groups in total. The number of hydrogen-bond acceptors (Lipinski definition) is 2. The van der Waals surface area contributed by atoms with Crippen molar-refractivity contribution in [3.05, 3.63) is 27.9 Å². The summed E-state index contributed by atoms with van der Waals surface area (Å²) in [6.45, 7) is 6.03. The van der Waals surface area contributed by atoms with E-state index >= 15 is 0 Å². The summed E-state index contributed by atoms with van der Waals surface area (Å²) < 4.78 is 0. The Morgan fingerprint density at radius 1 is 1.55 bits per heavy atom. The monoisotopic (exact) mass is 152 g/mol.